The summed E-state index contributed by atoms with van der Waals surface area (Å²) in [5.41, 5.74) is -1.25. The van der Waals surface area contributed by atoms with Crippen LogP contribution in [0.5, 0.6) is 5.75 Å². The molecule has 0 heterocycles. The van der Waals surface area contributed by atoms with Crippen molar-refractivity contribution in [3.05, 3.63) is 28.8 Å². The molecule has 0 spiro atoms. The van der Waals surface area contributed by atoms with E-state index in [1.165, 1.54) is 18.2 Å². The predicted molar refractivity (Wildman–Crippen MR) is 78.6 cm³/mol. The first kappa shape index (κ1) is 15.6. The summed E-state index contributed by atoms with van der Waals surface area (Å²) in [4.78, 5) is 24.0. The molecule has 1 saturated carbocycles. The van der Waals surface area contributed by atoms with Crippen LogP contribution in [0, 0.1) is 5.92 Å². The molecule has 0 saturated heterocycles. The Morgan fingerprint density at radius 3 is 2.67 bits per heavy atom. The third-order valence-electron chi connectivity index (χ3n) is 4.22. The second-order valence-electron chi connectivity index (χ2n) is 5.54. The number of rotatable bonds is 3. The van der Waals surface area contributed by atoms with Gasteiger partial charge in [-0.25, -0.2) is 4.79 Å². The predicted octanol–water partition coefficient (Wildman–Crippen LogP) is 2.81. The number of benzene rings is 1. The lowest BCUT2D eigenvalue weighted by atomic mass is 9.73. The number of phenols is 1. The van der Waals surface area contributed by atoms with Crippen molar-refractivity contribution < 1.29 is 19.8 Å². The quantitative estimate of drug-likeness (QED) is 0.801. The second-order valence-corrected chi connectivity index (χ2v) is 5.98. The fraction of sp³-hybridized carbons (Fsp3) is 0.467. The van der Waals surface area contributed by atoms with Gasteiger partial charge in [-0.3, -0.25) is 4.79 Å². The van der Waals surface area contributed by atoms with Gasteiger partial charge in [-0.2, -0.15) is 0 Å². The minimum Gasteiger partial charge on any atom is -0.507 e. The molecule has 0 aliphatic heterocycles. The Balaban J connectivity index is 2.28. The van der Waals surface area contributed by atoms with Gasteiger partial charge in [-0.15, -0.1) is 0 Å². The number of amides is 1. The zero-order valence-corrected chi connectivity index (χ0v) is 12.5. The van der Waals surface area contributed by atoms with Crippen LogP contribution in [0.15, 0.2) is 18.2 Å². The van der Waals surface area contributed by atoms with Crippen LogP contribution in [0.3, 0.4) is 0 Å². The van der Waals surface area contributed by atoms with Crippen molar-refractivity contribution in [1.82, 2.24) is 5.32 Å². The first-order chi connectivity index (χ1) is 9.86. The summed E-state index contributed by atoms with van der Waals surface area (Å²) in [6.45, 7) is 1.83. The molecule has 0 bridgehead atoms. The van der Waals surface area contributed by atoms with Gasteiger partial charge >= 0.3 is 5.97 Å². The smallest absolute Gasteiger partial charge is 0.329 e. The van der Waals surface area contributed by atoms with E-state index in [-0.39, 0.29) is 17.2 Å². The minimum absolute atomic E-state index is 0.0257. The Morgan fingerprint density at radius 2 is 2.10 bits per heavy atom. The highest BCUT2D eigenvalue weighted by Gasteiger charge is 2.46. The molecule has 1 aromatic carbocycles. The highest BCUT2D eigenvalue weighted by molar-refractivity contribution is 6.30. The summed E-state index contributed by atoms with van der Waals surface area (Å²) in [7, 11) is 0. The zero-order valence-electron chi connectivity index (χ0n) is 11.7. The van der Waals surface area contributed by atoms with Crippen LogP contribution >= 0.6 is 11.6 Å². The Labute approximate surface area is 127 Å². The summed E-state index contributed by atoms with van der Waals surface area (Å²) in [6.07, 6.45) is 2.85. The highest BCUT2D eigenvalue weighted by Crippen LogP contribution is 2.34. The van der Waals surface area contributed by atoms with Gasteiger partial charge in [0.1, 0.15) is 11.3 Å². The average molecular weight is 312 g/mol. The van der Waals surface area contributed by atoms with Crippen LogP contribution in [-0.2, 0) is 4.79 Å². The largest absolute Gasteiger partial charge is 0.507 e. The summed E-state index contributed by atoms with van der Waals surface area (Å²) in [6, 6.07) is 4.12. The molecule has 1 fully saturated rings. The van der Waals surface area contributed by atoms with Gasteiger partial charge in [0, 0.05) is 5.02 Å². The zero-order chi connectivity index (χ0) is 15.6. The molecule has 21 heavy (non-hydrogen) atoms. The van der Waals surface area contributed by atoms with Gasteiger partial charge in [0.25, 0.3) is 5.91 Å². The lowest BCUT2D eigenvalue weighted by molar-refractivity contribution is -0.148. The Morgan fingerprint density at radius 1 is 1.38 bits per heavy atom. The standard InChI is InChI=1S/C15H18ClNO4/c1-9-4-2-3-7-15(9,14(20)21)17-13(19)11-6-5-10(16)8-12(11)18/h5-6,8-9,18H,2-4,7H2,1H3,(H,17,19)(H,20,21). The van der Waals surface area contributed by atoms with Gasteiger partial charge in [0.05, 0.1) is 5.56 Å². The lowest BCUT2D eigenvalue weighted by Crippen LogP contribution is -2.60. The number of carbonyl (C=O) groups excluding carboxylic acids is 1. The number of carboxylic acid groups (broad SMARTS) is 1. The second kappa shape index (κ2) is 5.93. The SMILES string of the molecule is CC1CCCCC1(NC(=O)c1ccc(Cl)cc1O)C(=O)O. The fourth-order valence-electron chi connectivity index (χ4n) is 2.87. The van der Waals surface area contributed by atoms with E-state index in [0.29, 0.717) is 11.4 Å². The number of hydrogen-bond acceptors (Lipinski definition) is 3. The summed E-state index contributed by atoms with van der Waals surface area (Å²) < 4.78 is 0. The Kier molecular flexibility index (Phi) is 4.42. The first-order valence-corrected chi connectivity index (χ1v) is 7.29. The third kappa shape index (κ3) is 2.97. The molecule has 1 aromatic rings. The summed E-state index contributed by atoms with van der Waals surface area (Å²) in [5.74, 6) is -2.05. The Hall–Kier alpha value is -1.75. The number of aliphatic carboxylic acids is 1. The van der Waals surface area contributed by atoms with Gasteiger partial charge < -0.3 is 15.5 Å². The molecule has 0 aromatic heterocycles. The van der Waals surface area contributed by atoms with Crippen molar-refractivity contribution in [2.75, 3.05) is 0 Å². The molecule has 3 N–H and O–H groups in total. The maximum atomic E-state index is 12.3. The number of aromatic hydroxyl groups is 1. The third-order valence-corrected chi connectivity index (χ3v) is 4.46. The van der Waals surface area contributed by atoms with E-state index in [4.69, 9.17) is 11.6 Å². The van der Waals surface area contributed by atoms with Crippen LogP contribution in [0.1, 0.15) is 43.0 Å². The van der Waals surface area contributed by atoms with Crippen LogP contribution in [-0.4, -0.2) is 27.6 Å². The average Bonchev–Trinajstić information content (AvgIpc) is 2.41. The van der Waals surface area contributed by atoms with Gasteiger partial charge in [0.15, 0.2) is 0 Å². The molecule has 1 amide bonds. The maximum absolute atomic E-state index is 12.3. The van der Waals surface area contributed by atoms with Crippen LogP contribution in [0.4, 0.5) is 0 Å². The van der Waals surface area contributed by atoms with Gasteiger partial charge in [0.2, 0.25) is 0 Å². The van der Waals surface area contributed by atoms with Crippen LogP contribution in [0.25, 0.3) is 0 Å². The number of nitrogens with one attached hydrogen (secondary N) is 1. The van der Waals surface area contributed by atoms with Gasteiger partial charge in [-0.1, -0.05) is 31.4 Å². The van der Waals surface area contributed by atoms with Crippen molar-refractivity contribution in [3.63, 3.8) is 0 Å². The molecule has 114 valence electrons. The van der Waals surface area contributed by atoms with Crippen molar-refractivity contribution in [1.29, 1.82) is 0 Å². The molecular weight excluding hydrogens is 294 g/mol. The van der Waals surface area contributed by atoms with Crippen LogP contribution < -0.4 is 5.32 Å². The summed E-state index contributed by atoms with van der Waals surface area (Å²) >= 11 is 5.73. The molecule has 5 nitrogen and oxygen atoms in total. The van der Waals surface area contributed by atoms with Crippen molar-refractivity contribution in [2.45, 2.75) is 38.1 Å². The van der Waals surface area contributed by atoms with E-state index in [9.17, 15) is 19.8 Å². The van der Waals surface area contributed by atoms with E-state index < -0.39 is 17.4 Å². The van der Waals surface area contributed by atoms with E-state index in [0.717, 1.165) is 19.3 Å². The number of carbonyl (C=O) groups is 2. The molecule has 6 heteroatoms. The number of phenolic OH excluding ortho intramolecular Hbond substituents is 1. The minimum atomic E-state index is -1.28. The molecule has 2 atom stereocenters. The lowest BCUT2D eigenvalue weighted by Gasteiger charge is -2.39. The molecule has 1 aliphatic rings. The van der Waals surface area contributed by atoms with Crippen LogP contribution in [0.2, 0.25) is 5.02 Å². The fourth-order valence-corrected chi connectivity index (χ4v) is 3.04. The van der Waals surface area contributed by atoms with E-state index in [1.54, 1.807) is 0 Å². The highest BCUT2D eigenvalue weighted by atomic mass is 35.5. The monoisotopic (exact) mass is 311 g/mol. The molecule has 0 radical (unpaired) electrons. The van der Waals surface area contributed by atoms with E-state index >= 15 is 0 Å². The first-order valence-electron chi connectivity index (χ1n) is 6.91. The van der Waals surface area contributed by atoms with Crippen molar-refractivity contribution in [2.24, 2.45) is 5.92 Å². The molecule has 1 aliphatic carbocycles. The van der Waals surface area contributed by atoms with E-state index in [1.807, 2.05) is 6.92 Å². The van der Waals surface area contributed by atoms with Crippen molar-refractivity contribution >= 4 is 23.5 Å². The Bertz CT molecular complexity index is 575. The molecule has 2 rings (SSSR count). The number of hydrogen-bond donors (Lipinski definition) is 3. The summed E-state index contributed by atoms with van der Waals surface area (Å²) in [5, 5.41) is 22.3. The number of carboxylic acids is 1. The molecule has 2 unspecified atom stereocenters. The molecular formula is C15H18ClNO4. The topological polar surface area (TPSA) is 86.6 Å². The maximum Gasteiger partial charge on any atom is 0.329 e. The van der Waals surface area contributed by atoms with Gasteiger partial charge in [-0.05, 0) is 37.0 Å². The van der Waals surface area contributed by atoms with Crippen molar-refractivity contribution in [3.8, 4) is 5.75 Å². The normalized spacial score (nSPS) is 25.3. The van der Waals surface area contributed by atoms with E-state index in [2.05, 4.69) is 5.32 Å². The number of halogens is 1.